The van der Waals surface area contributed by atoms with Crippen LogP contribution in [0.1, 0.15) is 11.4 Å². The minimum atomic E-state index is 0.742. The van der Waals surface area contributed by atoms with Gasteiger partial charge in [0.25, 0.3) is 0 Å². The number of para-hydroxylation sites is 2. The topological polar surface area (TPSA) is 28.7 Å². The predicted molar refractivity (Wildman–Crippen MR) is 94.0 cm³/mol. The lowest BCUT2D eigenvalue weighted by Gasteiger charge is -2.04. The number of nitrogens with one attached hydrogen (secondary N) is 1. The average Bonchev–Trinajstić information content (AvgIpc) is 2.97. The SMILES string of the molecule is Clc1ccc2ccccc2c1C=Cc1nc2ccccc2[nH]1. The highest BCUT2D eigenvalue weighted by atomic mass is 35.5. The summed E-state index contributed by atoms with van der Waals surface area (Å²) in [7, 11) is 0. The molecule has 1 heterocycles. The summed E-state index contributed by atoms with van der Waals surface area (Å²) in [5, 5.41) is 3.06. The molecule has 0 aliphatic rings. The van der Waals surface area contributed by atoms with Crippen molar-refractivity contribution < 1.29 is 0 Å². The Labute approximate surface area is 133 Å². The number of hydrogen-bond donors (Lipinski definition) is 1. The van der Waals surface area contributed by atoms with Gasteiger partial charge in [-0.15, -0.1) is 0 Å². The van der Waals surface area contributed by atoms with Crippen LogP contribution in [0, 0.1) is 0 Å². The van der Waals surface area contributed by atoms with Crippen molar-refractivity contribution in [1.82, 2.24) is 9.97 Å². The third-order valence-corrected chi connectivity index (χ3v) is 4.06. The van der Waals surface area contributed by atoms with Crippen molar-refractivity contribution in [1.29, 1.82) is 0 Å². The standard InChI is InChI=1S/C19H13ClN2/c20-16-11-9-13-5-1-2-6-14(13)15(16)10-12-19-21-17-7-3-4-8-18(17)22-19/h1-12H,(H,21,22). The van der Waals surface area contributed by atoms with E-state index in [1.165, 1.54) is 5.39 Å². The largest absolute Gasteiger partial charge is 0.338 e. The van der Waals surface area contributed by atoms with Gasteiger partial charge < -0.3 is 4.98 Å². The van der Waals surface area contributed by atoms with Crippen molar-refractivity contribution in [3.05, 3.63) is 77.1 Å². The van der Waals surface area contributed by atoms with Crippen molar-refractivity contribution >= 4 is 45.6 Å². The molecule has 0 amide bonds. The number of aromatic nitrogens is 2. The van der Waals surface area contributed by atoms with Gasteiger partial charge in [-0.2, -0.15) is 0 Å². The number of nitrogens with zero attached hydrogens (tertiary/aromatic N) is 1. The van der Waals surface area contributed by atoms with Gasteiger partial charge in [-0.05, 0) is 41.1 Å². The second-order valence-electron chi connectivity index (χ2n) is 5.15. The highest BCUT2D eigenvalue weighted by molar-refractivity contribution is 6.33. The van der Waals surface area contributed by atoms with E-state index >= 15 is 0 Å². The van der Waals surface area contributed by atoms with Gasteiger partial charge in [0.2, 0.25) is 0 Å². The molecule has 2 nitrogen and oxygen atoms in total. The molecule has 0 unspecified atom stereocenters. The first-order valence-corrected chi connectivity index (χ1v) is 7.49. The number of H-pyrrole nitrogens is 1. The Bertz CT molecular complexity index is 966. The number of fused-ring (bicyclic) bond motifs is 2. The number of hydrogen-bond acceptors (Lipinski definition) is 1. The lowest BCUT2D eigenvalue weighted by molar-refractivity contribution is 1.29. The van der Waals surface area contributed by atoms with Crippen molar-refractivity contribution in [2.45, 2.75) is 0 Å². The van der Waals surface area contributed by atoms with Crippen LogP contribution in [0.5, 0.6) is 0 Å². The van der Waals surface area contributed by atoms with Crippen molar-refractivity contribution in [2.75, 3.05) is 0 Å². The van der Waals surface area contributed by atoms with Gasteiger partial charge in [0.15, 0.2) is 0 Å². The fourth-order valence-corrected chi connectivity index (χ4v) is 2.88. The molecule has 0 aliphatic carbocycles. The van der Waals surface area contributed by atoms with Crippen LogP contribution in [0.3, 0.4) is 0 Å². The fraction of sp³-hybridized carbons (Fsp3) is 0. The molecule has 0 spiro atoms. The molecule has 4 aromatic rings. The quantitative estimate of drug-likeness (QED) is 0.517. The molecule has 0 atom stereocenters. The molecule has 1 aromatic heterocycles. The number of benzene rings is 3. The van der Waals surface area contributed by atoms with E-state index in [4.69, 9.17) is 11.6 Å². The first-order chi connectivity index (χ1) is 10.8. The highest BCUT2D eigenvalue weighted by Crippen LogP contribution is 2.27. The zero-order chi connectivity index (χ0) is 14.9. The number of rotatable bonds is 2. The maximum atomic E-state index is 6.37. The normalized spacial score (nSPS) is 11.7. The monoisotopic (exact) mass is 304 g/mol. The van der Waals surface area contributed by atoms with Crippen LogP contribution in [-0.2, 0) is 0 Å². The molecule has 22 heavy (non-hydrogen) atoms. The molecule has 0 aliphatic heterocycles. The summed E-state index contributed by atoms with van der Waals surface area (Å²) < 4.78 is 0. The van der Waals surface area contributed by atoms with E-state index in [0.29, 0.717) is 0 Å². The van der Waals surface area contributed by atoms with Crippen molar-refractivity contribution in [3.8, 4) is 0 Å². The van der Waals surface area contributed by atoms with Gasteiger partial charge in [0.05, 0.1) is 11.0 Å². The minimum absolute atomic E-state index is 0.742. The molecule has 106 valence electrons. The maximum Gasteiger partial charge on any atom is 0.131 e. The summed E-state index contributed by atoms with van der Waals surface area (Å²) >= 11 is 6.37. The number of halogens is 1. The summed E-state index contributed by atoms with van der Waals surface area (Å²) in [6.45, 7) is 0. The third kappa shape index (κ3) is 2.28. The third-order valence-electron chi connectivity index (χ3n) is 3.73. The molecule has 3 heteroatoms. The van der Waals surface area contributed by atoms with Gasteiger partial charge in [0, 0.05) is 10.6 Å². The van der Waals surface area contributed by atoms with Gasteiger partial charge in [-0.1, -0.05) is 54.1 Å². The fourth-order valence-electron chi connectivity index (χ4n) is 2.65. The van der Waals surface area contributed by atoms with Crippen LogP contribution >= 0.6 is 11.6 Å². The maximum absolute atomic E-state index is 6.37. The zero-order valence-electron chi connectivity index (χ0n) is 11.8. The van der Waals surface area contributed by atoms with Gasteiger partial charge in [-0.25, -0.2) is 4.98 Å². The Hall–Kier alpha value is -2.58. The van der Waals surface area contributed by atoms with E-state index in [1.54, 1.807) is 0 Å². The molecule has 0 bridgehead atoms. The zero-order valence-corrected chi connectivity index (χ0v) is 12.5. The van der Waals surface area contributed by atoms with Crippen LogP contribution in [0.15, 0.2) is 60.7 Å². The number of aromatic amines is 1. The summed E-state index contributed by atoms with van der Waals surface area (Å²) in [5.74, 6) is 0.824. The number of imidazole rings is 1. The van der Waals surface area contributed by atoms with E-state index in [-0.39, 0.29) is 0 Å². The summed E-state index contributed by atoms with van der Waals surface area (Å²) in [4.78, 5) is 7.84. The second kappa shape index (κ2) is 5.32. The molecular formula is C19H13ClN2. The van der Waals surface area contributed by atoms with Gasteiger partial charge in [-0.3, -0.25) is 0 Å². The predicted octanol–water partition coefficient (Wildman–Crippen LogP) is 5.54. The average molecular weight is 305 g/mol. The lowest BCUT2D eigenvalue weighted by Crippen LogP contribution is -1.81. The molecule has 3 aromatic carbocycles. The van der Waals surface area contributed by atoms with Crippen LogP contribution in [0.25, 0.3) is 34.0 Å². The summed E-state index contributed by atoms with van der Waals surface area (Å²) in [6.07, 6.45) is 3.98. The summed E-state index contributed by atoms with van der Waals surface area (Å²) in [6, 6.07) is 20.2. The van der Waals surface area contributed by atoms with Crippen LogP contribution in [-0.4, -0.2) is 9.97 Å². The smallest absolute Gasteiger partial charge is 0.131 e. The molecule has 0 saturated heterocycles. The van der Waals surface area contributed by atoms with E-state index < -0.39 is 0 Å². The van der Waals surface area contributed by atoms with Gasteiger partial charge >= 0.3 is 0 Å². The second-order valence-corrected chi connectivity index (χ2v) is 5.56. The molecular weight excluding hydrogens is 292 g/mol. The van der Waals surface area contributed by atoms with E-state index in [2.05, 4.69) is 22.1 Å². The minimum Gasteiger partial charge on any atom is -0.338 e. The molecule has 1 N–H and O–H groups in total. The molecule has 0 saturated carbocycles. The Kier molecular flexibility index (Phi) is 3.17. The Balaban J connectivity index is 1.81. The Morgan fingerprint density at radius 2 is 1.68 bits per heavy atom. The van der Waals surface area contributed by atoms with Crippen LogP contribution in [0.2, 0.25) is 5.02 Å². The van der Waals surface area contributed by atoms with Crippen molar-refractivity contribution in [2.24, 2.45) is 0 Å². The van der Waals surface area contributed by atoms with Gasteiger partial charge in [0.1, 0.15) is 5.82 Å². The lowest BCUT2D eigenvalue weighted by atomic mass is 10.0. The first kappa shape index (κ1) is 13.1. The van der Waals surface area contributed by atoms with E-state index in [9.17, 15) is 0 Å². The molecule has 0 radical (unpaired) electrons. The first-order valence-electron chi connectivity index (χ1n) is 7.11. The molecule has 0 fully saturated rings. The van der Waals surface area contributed by atoms with Crippen LogP contribution in [0.4, 0.5) is 0 Å². The van der Waals surface area contributed by atoms with E-state index in [0.717, 1.165) is 32.8 Å². The Morgan fingerprint density at radius 1 is 0.864 bits per heavy atom. The molecule has 4 rings (SSSR count). The highest BCUT2D eigenvalue weighted by Gasteiger charge is 2.04. The van der Waals surface area contributed by atoms with Crippen LogP contribution < -0.4 is 0 Å². The van der Waals surface area contributed by atoms with Crippen molar-refractivity contribution in [3.63, 3.8) is 0 Å². The van der Waals surface area contributed by atoms with E-state index in [1.807, 2.05) is 60.7 Å². The Morgan fingerprint density at radius 3 is 2.59 bits per heavy atom. The summed E-state index contributed by atoms with van der Waals surface area (Å²) in [5.41, 5.74) is 3.01.